The fourth-order valence-electron chi connectivity index (χ4n) is 2.85. The molecule has 0 atom stereocenters. The van der Waals surface area contributed by atoms with Crippen molar-refractivity contribution in [3.63, 3.8) is 0 Å². The SMILES string of the molecule is CCCCN(CC)S(=O)(=O)c1ccc(C(=O)Nc2ccc3ncsc3c2)cc1. The minimum atomic E-state index is -3.55. The van der Waals surface area contributed by atoms with Crippen molar-refractivity contribution in [3.8, 4) is 0 Å². The number of carbonyl (C=O) groups excluding carboxylic acids is 1. The molecule has 0 unspecified atom stereocenters. The zero-order valence-corrected chi connectivity index (χ0v) is 17.5. The van der Waals surface area contributed by atoms with E-state index in [1.807, 2.05) is 26.0 Å². The van der Waals surface area contributed by atoms with Crippen LogP contribution in [0.2, 0.25) is 0 Å². The fourth-order valence-corrected chi connectivity index (χ4v) is 5.05. The van der Waals surface area contributed by atoms with Gasteiger partial charge in [0.2, 0.25) is 10.0 Å². The predicted molar refractivity (Wildman–Crippen MR) is 113 cm³/mol. The summed E-state index contributed by atoms with van der Waals surface area (Å²) in [6.45, 7) is 4.78. The molecule has 2 aromatic carbocycles. The first-order chi connectivity index (χ1) is 13.5. The van der Waals surface area contributed by atoms with Crippen LogP contribution in [0.3, 0.4) is 0 Å². The number of thiazole rings is 1. The van der Waals surface area contributed by atoms with E-state index in [1.165, 1.54) is 27.8 Å². The van der Waals surface area contributed by atoms with Crippen LogP contribution in [-0.2, 0) is 10.0 Å². The lowest BCUT2D eigenvalue weighted by atomic mass is 10.2. The quantitative estimate of drug-likeness (QED) is 0.591. The van der Waals surface area contributed by atoms with Crippen LogP contribution < -0.4 is 5.32 Å². The van der Waals surface area contributed by atoms with Gasteiger partial charge in [-0.25, -0.2) is 13.4 Å². The van der Waals surface area contributed by atoms with Gasteiger partial charge in [-0.1, -0.05) is 20.3 Å². The molecule has 0 aliphatic rings. The van der Waals surface area contributed by atoms with E-state index in [-0.39, 0.29) is 10.8 Å². The second kappa shape index (κ2) is 8.81. The standard InChI is InChI=1S/C20H23N3O3S2/c1-3-5-12-23(4-2)28(25,26)17-9-6-15(7-10-17)20(24)22-16-8-11-18-19(13-16)27-14-21-18/h6-11,13-14H,3-5,12H2,1-2H3,(H,22,24). The molecule has 0 aliphatic carbocycles. The van der Waals surface area contributed by atoms with Crippen molar-refractivity contribution in [3.05, 3.63) is 53.5 Å². The highest BCUT2D eigenvalue weighted by molar-refractivity contribution is 7.89. The van der Waals surface area contributed by atoms with Gasteiger partial charge in [0.05, 0.1) is 20.6 Å². The Labute approximate surface area is 169 Å². The van der Waals surface area contributed by atoms with E-state index in [4.69, 9.17) is 0 Å². The Balaban J connectivity index is 1.74. The van der Waals surface area contributed by atoms with E-state index in [0.29, 0.717) is 24.3 Å². The van der Waals surface area contributed by atoms with E-state index in [9.17, 15) is 13.2 Å². The van der Waals surface area contributed by atoms with Crippen LogP contribution >= 0.6 is 11.3 Å². The van der Waals surface area contributed by atoms with Crippen molar-refractivity contribution in [2.24, 2.45) is 0 Å². The smallest absolute Gasteiger partial charge is 0.255 e. The molecule has 0 radical (unpaired) electrons. The van der Waals surface area contributed by atoms with Gasteiger partial charge in [-0.15, -0.1) is 11.3 Å². The average molecular weight is 418 g/mol. The number of nitrogens with zero attached hydrogens (tertiary/aromatic N) is 2. The summed E-state index contributed by atoms with van der Waals surface area (Å²) in [5.74, 6) is -0.286. The molecular weight excluding hydrogens is 394 g/mol. The molecule has 0 spiro atoms. The molecular formula is C20H23N3O3S2. The minimum absolute atomic E-state index is 0.202. The number of anilines is 1. The third kappa shape index (κ3) is 4.40. The van der Waals surface area contributed by atoms with Crippen LogP contribution in [0, 0.1) is 0 Å². The summed E-state index contributed by atoms with van der Waals surface area (Å²) in [6.07, 6.45) is 1.75. The number of rotatable bonds is 8. The summed E-state index contributed by atoms with van der Waals surface area (Å²) in [7, 11) is -3.55. The number of amides is 1. The molecule has 1 amide bonds. The summed E-state index contributed by atoms with van der Waals surface area (Å²) in [5.41, 5.74) is 3.73. The first kappa shape index (κ1) is 20.4. The summed E-state index contributed by atoms with van der Waals surface area (Å²) in [6, 6.07) is 11.6. The third-order valence-electron chi connectivity index (χ3n) is 4.46. The molecule has 1 N–H and O–H groups in total. The molecule has 3 aromatic rings. The molecule has 148 valence electrons. The number of carbonyl (C=O) groups is 1. The molecule has 0 saturated carbocycles. The normalized spacial score (nSPS) is 11.8. The molecule has 0 bridgehead atoms. The van der Waals surface area contributed by atoms with Gasteiger partial charge in [0.25, 0.3) is 5.91 Å². The van der Waals surface area contributed by atoms with E-state index in [0.717, 1.165) is 23.1 Å². The molecule has 0 aliphatic heterocycles. The van der Waals surface area contributed by atoms with Crippen LogP contribution in [0.5, 0.6) is 0 Å². The Morgan fingerprint density at radius 3 is 2.57 bits per heavy atom. The van der Waals surface area contributed by atoms with Crippen LogP contribution in [0.25, 0.3) is 10.2 Å². The first-order valence-electron chi connectivity index (χ1n) is 9.20. The zero-order chi connectivity index (χ0) is 20.1. The molecule has 1 aromatic heterocycles. The van der Waals surface area contributed by atoms with Crippen molar-refractivity contribution in [2.75, 3.05) is 18.4 Å². The summed E-state index contributed by atoms with van der Waals surface area (Å²) >= 11 is 1.51. The Morgan fingerprint density at radius 1 is 1.14 bits per heavy atom. The van der Waals surface area contributed by atoms with Gasteiger partial charge in [-0.2, -0.15) is 4.31 Å². The molecule has 1 heterocycles. The van der Waals surface area contributed by atoms with Crippen LogP contribution in [0.4, 0.5) is 5.69 Å². The molecule has 6 nitrogen and oxygen atoms in total. The average Bonchev–Trinajstić information content (AvgIpc) is 3.16. The van der Waals surface area contributed by atoms with Gasteiger partial charge in [0, 0.05) is 24.3 Å². The molecule has 3 rings (SSSR count). The molecule has 8 heteroatoms. The van der Waals surface area contributed by atoms with Gasteiger partial charge >= 0.3 is 0 Å². The zero-order valence-electron chi connectivity index (χ0n) is 15.9. The number of nitrogens with one attached hydrogen (secondary N) is 1. The maximum absolute atomic E-state index is 12.8. The Kier molecular flexibility index (Phi) is 6.43. The number of hydrogen-bond acceptors (Lipinski definition) is 5. The Morgan fingerprint density at radius 2 is 1.89 bits per heavy atom. The largest absolute Gasteiger partial charge is 0.322 e. The highest BCUT2D eigenvalue weighted by atomic mass is 32.2. The van der Waals surface area contributed by atoms with Crippen molar-refractivity contribution in [2.45, 2.75) is 31.6 Å². The van der Waals surface area contributed by atoms with Gasteiger partial charge in [0.15, 0.2) is 0 Å². The topological polar surface area (TPSA) is 79.4 Å². The van der Waals surface area contributed by atoms with Crippen LogP contribution in [-0.4, -0.2) is 36.7 Å². The number of hydrogen-bond donors (Lipinski definition) is 1. The number of fused-ring (bicyclic) bond motifs is 1. The van der Waals surface area contributed by atoms with Gasteiger partial charge < -0.3 is 5.32 Å². The maximum Gasteiger partial charge on any atom is 0.255 e. The second-order valence-corrected chi connectivity index (χ2v) is 9.19. The van der Waals surface area contributed by atoms with Gasteiger partial charge in [-0.05, 0) is 48.9 Å². The Bertz CT molecular complexity index is 1060. The van der Waals surface area contributed by atoms with Gasteiger partial charge in [0.1, 0.15) is 0 Å². The highest BCUT2D eigenvalue weighted by Crippen LogP contribution is 2.23. The monoisotopic (exact) mass is 417 g/mol. The first-order valence-corrected chi connectivity index (χ1v) is 11.5. The maximum atomic E-state index is 12.8. The molecule has 0 saturated heterocycles. The van der Waals surface area contributed by atoms with E-state index in [2.05, 4.69) is 10.3 Å². The van der Waals surface area contributed by atoms with Gasteiger partial charge in [-0.3, -0.25) is 4.79 Å². The van der Waals surface area contributed by atoms with Crippen LogP contribution in [0.1, 0.15) is 37.0 Å². The third-order valence-corrected chi connectivity index (χ3v) is 7.24. The van der Waals surface area contributed by atoms with E-state index >= 15 is 0 Å². The number of aromatic nitrogens is 1. The van der Waals surface area contributed by atoms with Crippen LogP contribution in [0.15, 0.2) is 52.9 Å². The lowest BCUT2D eigenvalue weighted by Crippen LogP contribution is -2.31. The van der Waals surface area contributed by atoms with E-state index < -0.39 is 10.0 Å². The lowest BCUT2D eigenvalue weighted by Gasteiger charge is -2.20. The summed E-state index contributed by atoms with van der Waals surface area (Å²) < 4.78 is 28.0. The van der Waals surface area contributed by atoms with Crippen molar-refractivity contribution >= 4 is 43.2 Å². The fraction of sp³-hybridized carbons (Fsp3) is 0.300. The van der Waals surface area contributed by atoms with Crippen molar-refractivity contribution < 1.29 is 13.2 Å². The lowest BCUT2D eigenvalue weighted by molar-refractivity contribution is 0.102. The molecule has 28 heavy (non-hydrogen) atoms. The molecule has 0 fully saturated rings. The second-order valence-electron chi connectivity index (χ2n) is 6.36. The van der Waals surface area contributed by atoms with Crippen molar-refractivity contribution in [1.82, 2.24) is 9.29 Å². The Hall–Kier alpha value is -2.29. The number of unbranched alkanes of at least 4 members (excludes halogenated alkanes) is 1. The highest BCUT2D eigenvalue weighted by Gasteiger charge is 2.22. The van der Waals surface area contributed by atoms with Crippen molar-refractivity contribution in [1.29, 1.82) is 0 Å². The summed E-state index contributed by atoms with van der Waals surface area (Å²) in [5, 5.41) is 2.84. The summed E-state index contributed by atoms with van der Waals surface area (Å²) in [4.78, 5) is 16.9. The number of sulfonamides is 1. The van der Waals surface area contributed by atoms with E-state index in [1.54, 1.807) is 23.7 Å². The number of benzene rings is 2. The minimum Gasteiger partial charge on any atom is -0.322 e. The predicted octanol–water partition coefficient (Wildman–Crippen LogP) is 4.36.